The van der Waals surface area contributed by atoms with Crippen LogP contribution in [0, 0.1) is 0 Å². The van der Waals surface area contributed by atoms with Crippen LogP contribution in [0.25, 0.3) is 5.70 Å². The highest BCUT2D eigenvalue weighted by Crippen LogP contribution is 2.50. The molecule has 2 aliphatic heterocycles. The van der Waals surface area contributed by atoms with Crippen LogP contribution in [0.4, 0.5) is 5.95 Å². The van der Waals surface area contributed by atoms with Gasteiger partial charge >= 0.3 is 0 Å². The molecule has 0 bridgehead atoms. The van der Waals surface area contributed by atoms with E-state index >= 15 is 0 Å². The number of nitrogens with zero attached hydrogens (tertiary/aromatic N) is 5. The predicted octanol–water partition coefficient (Wildman–Crippen LogP) is 4.19. The third-order valence-corrected chi connectivity index (χ3v) is 5.93. The van der Waals surface area contributed by atoms with Crippen molar-refractivity contribution in [2.24, 2.45) is 0 Å². The smallest absolute Gasteiger partial charge is 0.248 e. The molecule has 7 heteroatoms. The summed E-state index contributed by atoms with van der Waals surface area (Å²) in [4.78, 5) is 4.35. The topological polar surface area (TPSA) is 77.8 Å². The third-order valence-electron chi connectivity index (χ3n) is 5.93. The summed E-state index contributed by atoms with van der Waals surface area (Å²) in [6.07, 6.45) is 4.35. The van der Waals surface area contributed by atoms with E-state index in [0.29, 0.717) is 5.95 Å². The lowest BCUT2D eigenvalue weighted by Gasteiger charge is -2.38. The number of para-hydroxylation sites is 1. The number of aryl methyl sites for hydroxylation is 1. The molecule has 0 spiro atoms. The number of benzene rings is 2. The van der Waals surface area contributed by atoms with Gasteiger partial charge in [-0.1, -0.05) is 54.5 Å². The maximum absolute atomic E-state index is 6.60. The predicted molar refractivity (Wildman–Crippen MR) is 116 cm³/mol. The van der Waals surface area contributed by atoms with Crippen LogP contribution < -0.4 is 10.1 Å². The zero-order valence-corrected chi connectivity index (χ0v) is 16.9. The minimum absolute atomic E-state index is 0.237. The van der Waals surface area contributed by atoms with Crippen LogP contribution in [-0.4, -0.2) is 25.2 Å². The van der Waals surface area contributed by atoms with E-state index in [2.05, 4.69) is 69.1 Å². The number of anilines is 1. The van der Waals surface area contributed by atoms with Crippen molar-refractivity contribution >= 4 is 11.6 Å². The van der Waals surface area contributed by atoms with Gasteiger partial charge in [0.15, 0.2) is 0 Å². The van der Waals surface area contributed by atoms with Gasteiger partial charge in [-0.2, -0.15) is 4.68 Å². The second-order valence-electron chi connectivity index (χ2n) is 7.68. The summed E-state index contributed by atoms with van der Waals surface area (Å²) in [6, 6.07) is 20.5. The van der Waals surface area contributed by atoms with Gasteiger partial charge in [0.05, 0.1) is 5.70 Å². The highest BCUT2D eigenvalue weighted by Gasteiger charge is 2.41. The van der Waals surface area contributed by atoms with Gasteiger partial charge in [0.2, 0.25) is 5.95 Å². The van der Waals surface area contributed by atoms with Gasteiger partial charge in [-0.25, -0.2) is 0 Å². The Labute approximate surface area is 179 Å². The molecule has 0 saturated carbocycles. The molecular formula is C24H20N6O. The summed E-state index contributed by atoms with van der Waals surface area (Å²) in [5, 5.41) is 15.9. The molecule has 0 fully saturated rings. The van der Waals surface area contributed by atoms with Crippen LogP contribution in [0.3, 0.4) is 0 Å². The quantitative estimate of drug-likeness (QED) is 0.548. The summed E-state index contributed by atoms with van der Waals surface area (Å²) >= 11 is 0. The summed E-state index contributed by atoms with van der Waals surface area (Å²) in [5.74, 6) is 1.44. The van der Waals surface area contributed by atoms with E-state index in [0.717, 1.165) is 40.1 Å². The van der Waals surface area contributed by atoms with E-state index < -0.39 is 0 Å². The molecule has 6 rings (SSSR count). The Hall–Kier alpha value is -4.00. The number of hydrogen-bond acceptors (Lipinski definition) is 6. The molecule has 0 aliphatic carbocycles. The number of hydrogen-bond donors (Lipinski definition) is 1. The summed E-state index contributed by atoms with van der Waals surface area (Å²) < 4.78 is 8.41. The van der Waals surface area contributed by atoms with Crippen LogP contribution in [-0.2, 0) is 6.42 Å². The molecule has 4 aromatic rings. The van der Waals surface area contributed by atoms with Gasteiger partial charge in [0.1, 0.15) is 17.9 Å². The van der Waals surface area contributed by atoms with Crippen molar-refractivity contribution < 1.29 is 4.74 Å². The average molecular weight is 408 g/mol. The van der Waals surface area contributed by atoms with Crippen LogP contribution in [0.5, 0.6) is 5.75 Å². The van der Waals surface area contributed by atoms with Crippen molar-refractivity contribution in [1.29, 1.82) is 0 Å². The van der Waals surface area contributed by atoms with Crippen LogP contribution in [0.1, 0.15) is 41.3 Å². The van der Waals surface area contributed by atoms with Crippen molar-refractivity contribution in [3.63, 3.8) is 0 Å². The minimum Gasteiger partial charge on any atom is -0.480 e. The number of aromatic nitrogens is 5. The maximum Gasteiger partial charge on any atom is 0.248 e. The van der Waals surface area contributed by atoms with Crippen molar-refractivity contribution in [3.05, 3.63) is 101 Å². The van der Waals surface area contributed by atoms with E-state index in [1.54, 1.807) is 10.9 Å². The van der Waals surface area contributed by atoms with Gasteiger partial charge in [0.25, 0.3) is 0 Å². The van der Waals surface area contributed by atoms with Crippen molar-refractivity contribution in [2.75, 3.05) is 5.32 Å². The normalized spacial score (nSPS) is 19.0. The van der Waals surface area contributed by atoms with Crippen LogP contribution in [0.15, 0.2) is 78.6 Å². The molecule has 0 unspecified atom stereocenters. The Morgan fingerprint density at radius 1 is 1.00 bits per heavy atom. The lowest BCUT2D eigenvalue weighted by Crippen LogP contribution is -2.32. The highest BCUT2D eigenvalue weighted by atomic mass is 16.5. The number of nitrogens with one attached hydrogen (secondary N) is 1. The van der Waals surface area contributed by atoms with Crippen LogP contribution >= 0.6 is 0 Å². The Balaban J connectivity index is 1.60. The lowest BCUT2D eigenvalue weighted by molar-refractivity contribution is 0.222. The molecule has 2 aliphatic rings. The zero-order chi connectivity index (χ0) is 20.8. The molecule has 152 valence electrons. The Morgan fingerprint density at radius 3 is 2.68 bits per heavy atom. The summed E-state index contributed by atoms with van der Waals surface area (Å²) in [6.45, 7) is 2.16. The standard InChI is InChI=1S/C24H20N6O/c1-2-15-9-11-16(12-10-15)23-20-21(18-7-3-4-8-19(18)31-23)26-24-27-28-29-30(24)22(20)17-6-5-13-25-14-17/h3-14,22-23H,2H2,1H3,(H,26,27,29)/t22-,23+/m1/s1. The second kappa shape index (κ2) is 7.05. The molecule has 2 aromatic carbocycles. The molecule has 0 saturated heterocycles. The lowest BCUT2D eigenvalue weighted by atomic mass is 9.85. The molecule has 0 amide bonds. The van der Waals surface area contributed by atoms with Crippen molar-refractivity contribution in [3.8, 4) is 5.75 Å². The van der Waals surface area contributed by atoms with E-state index in [9.17, 15) is 0 Å². The Bertz CT molecular complexity index is 1280. The average Bonchev–Trinajstić information content (AvgIpc) is 3.31. The van der Waals surface area contributed by atoms with Crippen LogP contribution in [0.2, 0.25) is 0 Å². The fourth-order valence-corrected chi connectivity index (χ4v) is 4.40. The molecule has 4 heterocycles. The number of ether oxygens (including phenoxy) is 1. The molecule has 31 heavy (non-hydrogen) atoms. The van der Waals surface area contributed by atoms with E-state index in [1.807, 2.05) is 30.5 Å². The first-order chi connectivity index (χ1) is 15.3. The van der Waals surface area contributed by atoms with Gasteiger partial charge in [-0.15, -0.1) is 0 Å². The molecule has 1 N–H and O–H groups in total. The number of pyridine rings is 1. The largest absolute Gasteiger partial charge is 0.480 e. The minimum atomic E-state index is -0.286. The summed E-state index contributed by atoms with van der Waals surface area (Å²) in [7, 11) is 0. The van der Waals surface area contributed by atoms with Gasteiger partial charge in [-0.05, 0) is 51.7 Å². The fourth-order valence-electron chi connectivity index (χ4n) is 4.40. The van der Waals surface area contributed by atoms with Gasteiger partial charge < -0.3 is 10.1 Å². The number of fused-ring (bicyclic) bond motifs is 3. The SMILES string of the molecule is CCc1ccc([C@@H]2Oc3ccccc3C3=C2[C@@H](c2cccnc2)n2nnnc2N3)cc1. The maximum atomic E-state index is 6.60. The fraction of sp³-hybridized carbons (Fsp3) is 0.167. The van der Waals surface area contributed by atoms with Gasteiger partial charge in [-0.3, -0.25) is 4.98 Å². The Morgan fingerprint density at radius 2 is 1.87 bits per heavy atom. The molecule has 2 aromatic heterocycles. The van der Waals surface area contributed by atoms with E-state index in [-0.39, 0.29) is 12.1 Å². The first-order valence-electron chi connectivity index (χ1n) is 10.4. The van der Waals surface area contributed by atoms with Crippen molar-refractivity contribution in [2.45, 2.75) is 25.5 Å². The molecular weight excluding hydrogens is 388 g/mol. The van der Waals surface area contributed by atoms with E-state index in [1.165, 1.54) is 5.56 Å². The molecule has 2 atom stereocenters. The first-order valence-corrected chi connectivity index (χ1v) is 10.4. The number of tetrazole rings is 1. The summed E-state index contributed by atoms with van der Waals surface area (Å²) in [5.41, 5.74) is 6.44. The highest BCUT2D eigenvalue weighted by molar-refractivity contribution is 5.85. The molecule has 0 radical (unpaired) electrons. The Kier molecular flexibility index (Phi) is 4.06. The van der Waals surface area contributed by atoms with Gasteiger partial charge in [0, 0.05) is 23.5 Å². The van der Waals surface area contributed by atoms with E-state index in [4.69, 9.17) is 4.74 Å². The third kappa shape index (κ3) is 2.81. The second-order valence-corrected chi connectivity index (χ2v) is 7.68. The monoisotopic (exact) mass is 408 g/mol. The molecule has 7 nitrogen and oxygen atoms in total. The first kappa shape index (κ1) is 17.8. The van der Waals surface area contributed by atoms with Crippen molar-refractivity contribution in [1.82, 2.24) is 25.2 Å². The zero-order valence-electron chi connectivity index (χ0n) is 16.9. The number of rotatable bonds is 3.